The van der Waals surface area contributed by atoms with Gasteiger partial charge in [-0.15, -0.1) is 0 Å². The maximum absolute atomic E-state index is 12.6. The summed E-state index contributed by atoms with van der Waals surface area (Å²) in [4.78, 5) is 38.9. The number of para-hydroxylation sites is 2. The van der Waals surface area contributed by atoms with Crippen molar-refractivity contribution in [1.82, 2.24) is 0 Å². The number of aryl methyl sites for hydroxylation is 1. The molecule has 1 saturated heterocycles. The molecule has 1 atom stereocenters. The van der Waals surface area contributed by atoms with E-state index in [-0.39, 0.29) is 18.9 Å². The molecule has 0 unspecified atom stereocenters. The van der Waals surface area contributed by atoms with Crippen molar-refractivity contribution >= 4 is 45.1 Å². The summed E-state index contributed by atoms with van der Waals surface area (Å²) in [6.07, 6.45) is 0.0196. The molecule has 1 aliphatic heterocycles. The topological polar surface area (TPSA) is 94.2 Å². The molecular weight excluding hydrogens is 528 g/mol. The van der Waals surface area contributed by atoms with Crippen LogP contribution in [0, 0.1) is 12.8 Å². The Kier molecular flexibility index (Phi) is 7.90. The van der Waals surface area contributed by atoms with Gasteiger partial charge in [-0.3, -0.25) is 14.4 Å². The Morgan fingerprint density at radius 3 is 2.47 bits per heavy atom. The first-order valence-electron chi connectivity index (χ1n) is 11.3. The highest BCUT2D eigenvalue weighted by Gasteiger charge is 2.36. The molecule has 186 valence electrons. The van der Waals surface area contributed by atoms with Crippen molar-refractivity contribution in [3.63, 3.8) is 0 Å². The summed E-state index contributed by atoms with van der Waals surface area (Å²) in [7, 11) is 1.57. The Bertz CT molecular complexity index is 1280. The SMILES string of the molecule is COc1ccccc1Oc1ccc(N2C[C@H](C(=O)OCC(=O)Nc3ccc(Br)cc3C)CC2=O)cc1. The van der Waals surface area contributed by atoms with Gasteiger partial charge in [0.25, 0.3) is 5.91 Å². The fourth-order valence-electron chi connectivity index (χ4n) is 3.85. The predicted molar refractivity (Wildman–Crippen MR) is 138 cm³/mol. The number of benzene rings is 3. The highest BCUT2D eigenvalue weighted by molar-refractivity contribution is 9.10. The zero-order valence-corrected chi connectivity index (χ0v) is 21.4. The molecule has 0 spiro atoms. The number of carbonyl (C=O) groups is 3. The molecule has 0 saturated carbocycles. The van der Waals surface area contributed by atoms with Crippen LogP contribution >= 0.6 is 15.9 Å². The summed E-state index contributed by atoms with van der Waals surface area (Å²) in [6, 6.07) is 19.7. The molecule has 0 aliphatic carbocycles. The van der Waals surface area contributed by atoms with Crippen LogP contribution in [0.2, 0.25) is 0 Å². The van der Waals surface area contributed by atoms with Crippen molar-refractivity contribution in [3.05, 3.63) is 76.8 Å². The number of anilines is 2. The lowest BCUT2D eigenvalue weighted by molar-refractivity contribution is -0.151. The lowest BCUT2D eigenvalue weighted by atomic mass is 10.1. The van der Waals surface area contributed by atoms with E-state index in [1.165, 1.54) is 4.90 Å². The second kappa shape index (κ2) is 11.3. The molecule has 8 nitrogen and oxygen atoms in total. The number of hydrogen-bond acceptors (Lipinski definition) is 6. The van der Waals surface area contributed by atoms with Crippen LogP contribution in [0.3, 0.4) is 0 Å². The number of esters is 1. The Balaban J connectivity index is 1.31. The summed E-state index contributed by atoms with van der Waals surface area (Å²) in [5.41, 5.74) is 2.16. The molecule has 1 aliphatic rings. The van der Waals surface area contributed by atoms with E-state index >= 15 is 0 Å². The number of carbonyl (C=O) groups excluding carboxylic acids is 3. The van der Waals surface area contributed by atoms with Crippen LogP contribution in [0.25, 0.3) is 0 Å². The average molecular weight is 553 g/mol. The number of amides is 2. The average Bonchev–Trinajstić information content (AvgIpc) is 3.26. The summed E-state index contributed by atoms with van der Waals surface area (Å²) in [5.74, 6) is -0.0944. The molecule has 3 aromatic rings. The van der Waals surface area contributed by atoms with Crippen LogP contribution in [0.1, 0.15) is 12.0 Å². The predicted octanol–water partition coefficient (Wildman–Crippen LogP) is 5.09. The minimum atomic E-state index is -0.649. The second-order valence-electron chi connectivity index (χ2n) is 8.27. The minimum Gasteiger partial charge on any atom is -0.493 e. The van der Waals surface area contributed by atoms with Gasteiger partial charge in [0.15, 0.2) is 18.1 Å². The van der Waals surface area contributed by atoms with E-state index in [0.29, 0.717) is 28.6 Å². The van der Waals surface area contributed by atoms with Gasteiger partial charge in [0.05, 0.1) is 13.0 Å². The maximum Gasteiger partial charge on any atom is 0.311 e. The van der Waals surface area contributed by atoms with Gasteiger partial charge in [-0.25, -0.2) is 0 Å². The number of halogens is 1. The molecule has 36 heavy (non-hydrogen) atoms. The van der Waals surface area contributed by atoms with Crippen molar-refractivity contribution in [2.75, 3.05) is 30.5 Å². The highest BCUT2D eigenvalue weighted by atomic mass is 79.9. The smallest absolute Gasteiger partial charge is 0.311 e. The fourth-order valence-corrected chi connectivity index (χ4v) is 4.32. The van der Waals surface area contributed by atoms with Gasteiger partial charge in [-0.2, -0.15) is 0 Å². The van der Waals surface area contributed by atoms with Crippen LogP contribution in [0.15, 0.2) is 71.2 Å². The number of rotatable bonds is 8. The number of nitrogens with zero attached hydrogens (tertiary/aromatic N) is 1. The molecule has 9 heteroatoms. The lowest BCUT2D eigenvalue weighted by Crippen LogP contribution is -2.28. The van der Waals surface area contributed by atoms with E-state index in [4.69, 9.17) is 14.2 Å². The van der Waals surface area contributed by atoms with Gasteiger partial charge >= 0.3 is 5.97 Å². The van der Waals surface area contributed by atoms with Crippen molar-refractivity contribution in [1.29, 1.82) is 0 Å². The van der Waals surface area contributed by atoms with Crippen LogP contribution < -0.4 is 19.7 Å². The molecule has 0 radical (unpaired) electrons. The van der Waals surface area contributed by atoms with E-state index in [0.717, 1.165) is 10.0 Å². The van der Waals surface area contributed by atoms with Gasteiger partial charge in [0.1, 0.15) is 5.75 Å². The molecule has 3 aromatic carbocycles. The van der Waals surface area contributed by atoms with Gasteiger partial charge in [-0.05, 0) is 67.1 Å². The Morgan fingerprint density at radius 2 is 1.78 bits per heavy atom. The van der Waals surface area contributed by atoms with Gasteiger partial charge < -0.3 is 24.4 Å². The third-order valence-corrected chi connectivity index (χ3v) is 6.20. The zero-order chi connectivity index (χ0) is 25.7. The standard InChI is InChI=1S/C27H25BrN2O6/c1-17-13-19(28)7-12-22(17)29-25(31)16-35-27(33)18-14-26(32)30(15-18)20-8-10-21(11-9-20)36-24-6-4-3-5-23(24)34-2/h3-13,18H,14-16H2,1-2H3,(H,29,31)/t18-/m1/s1. The van der Waals surface area contributed by atoms with Gasteiger partial charge in [0, 0.05) is 28.8 Å². The monoisotopic (exact) mass is 552 g/mol. The van der Waals surface area contributed by atoms with E-state index in [2.05, 4.69) is 21.2 Å². The molecule has 0 aromatic heterocycles. The largest absolute Gasteiger partial charge is 0.493 e. The van der Waals surface area contributed by atoms with E-state index in [1.807, 2.05) is 31.2 Å². The van der Waals surface area contributed by atoms with Crippen LogP contribution in [0.4, 0.5) is 11.4 Å². The third kappa shape index (κ3) is 6.04. The quantitative estimate of drug-likeness (QED) is 0.391. The molecule has 1 N–H and O–H groups in total. The Hall–Kier alpha value is -3.85. The van der Waals surface area contributed by atoms with Crippen molar-refractivity contribution in [3.8, 4) is 17.2 Å². The normalized spacial score (nSPS) is 14.9. The molecule has 1 fully saturated rings. The maximum atomic E-state index is 12.6. The Morgan fingerprint density at radius 1 is 1.06 bits per heavy atom. The van der Waals surface area contributed by atoms with E-state index in [9.17, 15) is 14.4 Å². The third-order valence-electron chi connectivity index (χ3n) is 5.71. The summed E-state index contributed by atoms with van der Waals surface area (Å²) in [5, 5.41) is 2.72. The molecule has 2 amide bonds. The first-order chi connectivity index (χ1) is 17.3. The lowest BCUT2D eigenvalue weighted by Gasteiger charge is -2.17. The fraction of sp³-hybridized carbons (Fsp3) is 0.222. The second-order valence-corrected chi connectivity index (χ2v) is 9.18. The van der Waals surface area contributed by atoms with Crippen LogP contribution in [-0.2, 0) is 19.1 Å². The summed E-state index contributed by atoms with van der Waals surface area (Å²) < 4.78 is 17.3. The number of ether oxygens (including phenoxy) is 3. The van der Waals surface area contributed by atoms with Crippen molar-refractivity contribution in [2.24, 2.45) is 5.92 Å². The number of nitrogens with one attached hydrogen (secondary N) is 1. The first kappa shape index (κ1) is 25.2. The minimum absolute atomic E-state index is 0.0196. The molecule has 4 rings (SSSR count). The number of hydrogen-bond donors (Lipinski definition) is 1. The number of methoxy groups -OCH3 is 1. The highest BCUT2D eigenvalue weighted by Crippen LogP contribution is 2.33. The van der Waals surface area contributed by atoms with Crippen molar-refractivity contribution < 1.29 is 28.6 Å². The summed E-state index contributed by atoms with van der Waals surface area (Å²) in [6.45, 7) is 1.62. The zero-order valence-electron chi connectivity index (χ0n) is 19.8. The van der Waals surface area contributed by atoms with Crippen LogP contribution in [-0.4, -0.2) is 38.0 Å². The van der Waals surface area contributed by atoms with E-state index in [1.54, 1.807) is 49.6 Å². The summed E-state index contributed by atoms with van der Waals surface area (Å²) >= 11 is 3.37. The van der Waals surface area contributed by atoms with E-state index < -0.39 is 24.4 Å². The van der Waals surface area contributed by atoms with Crippen LogP contribution in [0.5, 0.6) is 17.2 Å². The first-order valence-corrected chi connectivity index (χ1v) is 12.1. The Labute approximate surface area is 217 Å². The molecular formula is C27H25BrN2O6. The van der Waals surface area contributed by atoms with Gasteiger partial charge in [-0.1, -0.05) is 28.1 Å². The molecule has 0 bridgehead atoms. The van der Waals surface area contributed by atoms with Gasteiger partial charge in [0.2, 0.25) is 5.91 Å². The van der Waals surface area contributed by atoms with Crippen molar-refractivity contribution in [2.45, 2.75) is 13.3 Å². The molecule has 1 heterocycles.